The molecule has 3 rings (SSSR count). The van der Waals surface area contributed by atoms with Crippen LogP contribution in [0.4, 0.5) is 4.79 Å². The summed E-state index contributed by atoms with van der Waals surface area (Å²) < 4.78 is 5.36. The largest absolute Gasteiger partial charge is 0.370 e. The second-order valence-corrected chi connectivity index (χ2v) is 7.33. The van der Waals surface area contributed by atoms with Crippen LogP contribution in [0.2, 0.25) is 0 Å². The minimum absolute atomic E-state index is 0.132. The van der Waals surface area contributed by atoms with Gasteiger partial charge in [0.15, 0.2) is 5.92 Å². The van der Waals surface area contributed by atoms with Crippen molar-refractivity contribution in [2.75, 3.05) is 39.4 Å². The number of benzene rings is 1. The Labute approximate surface area is 170 Å². The van der Waals surface area contributed by atoms with Crippen LogP contribution in [-0.4, -0.2) is 67.8 Å². The molecule has 29 heavy (non-hydrogen) atoms. The van der Waals surface area contributed by atoms with Crippen molar-refractivity contribution in [3.63, 3.8) is 0 Å². The molecule has 2 fully saturated rings. The van der Waals surface area contributed by atoms with Crippen molar-refractivity contribution in [2.45, 2.75) is 26.3 Å². The molecule has 2 aliphatic heterocycles. The number of amides is 4. The van der Waals surface area contributed by atoms with E-state index in [0.717, 1.165) is 49.7 Å². The molecule has 2 aliphatic rings. The molecule has 8 heteroatoms. The second kappa shape index (κ2) is 10.3. The Morgan fingerprint density at radius 1 is 1.21 bits per heavy atom. The Morgan fingerprint density at radius 3 is 2.62 bits per heavy atom. The fourth-order valence-electron chi connectivity index (χ4n) is 3.69. The zero-order chi connectivity index (χ0) is 20.6. The number of quaternary nitrogens is 1. The molecule has 0 saturated carbocycles. The molecule has 2 saturated heterocycles. The highest BCUT2D eigenvalue weighted by atomic mass is 16.5. The number of urea groups is 1. The molecule has 2 heterocycles. The Hall–Kier alpha value is -2.58. The molecule has 0 aliphatic carbocycles. The Morgan fingerprint density at radius 2 is 1.93 bits per heavy atom. The van der Waals surface area contributed by atoms with Crippen LogP contribution in [-0.2, 0) is 20.9 Å². The van der Waals surface area contributed by atoms with E-state index in [2.05, 4.69) is 10.3 Å². The number of imide groups is 2. The number of hydrogen-bond donors (Lipinski definition) is 2. The van der Waals surface area contributed by atoms with Gasteiger partial charge in [0, 0.05) is 18.7 Å². The molecule has 8 nitrogen and oxygen atoms in total. The minimum Gasteiger partial charge on any atom is -0.370 e. The van der Waals surface area contributed by atoms with Gasteiger partial charge in [-0.3, -0.25) is 24.8 Å². The van der Waals surface area contributed by atoms with E-state index in [0.29, 0.717) is 18.7 Å². The van der Waals surface area contributed by atoms with Gasteiger partial charge in [0.2, 0.25) is 11.8 Å². The first kappa shape index (κ1) is 21.1. The highest BCUT2D eigenvalue weighted by Gasteiger charge is 2.42. The van der Waals surface area contributed by atoms with Gasteiger partial charge >= 0.3 is 6.03 Å². The summed E-state index contributed by atoms with van der Waals surface area (Å²) in [5.74, 6) is -2.11. The Kier molecular flexibility index (Phi) is 7.48. The lowest BCUT2D eigenvalue weighted by atomic mass is 9.96. The van der Waals surface area contributed by atoms with Gasteiger partial charge in [0.25, 0.3) is 0 Å². The van der Waals surface area contributed by atoms with Gasteiger partial charge in [-0.1, -0.05) is 37.3 Å². The number of morpholine rings is 1. The maximum atomic E-state index is 13.0. The van der Waals surface area contributed by atoms with Crippen LogP contribution < -0.4 is 10.2 Å². The Balaban J connectivity index is 1.64. The van der Waals surface area contributed by atoms with Crippen LogP contribution in [0.25, 0.3) is 0 Å². The number of nitrogens with one attached hydrogen (secondary N) is 2. The van der Waals surface area contributed by atoms with Gasteiger partial charge in [-0.25, -0.2) is 4.79 Å². The molecule has 4 amide bonds. The molecule has 0 bridgehead atoms. The summed E-state index contributed by atoms with van der Waals surface area (Å²) in [6.07, 6.45) is 1.37. The lowest BCUT2D eigenvalue weighted by Crippen LogP contribution is -3.14. The van der Waals surface area contributed by atoms with E-state index in [4.69, 9.17) is 4.74 Å². The van der Waals surface area contributed by atoms with Crippen molar-refractivity contribution in [1.29, 1.82) is 0 Å². The maximum absolute atomic E-state index is 13.0. The average molecular weight is 401 g/mol. The zero-order valence-electron chi connectivity index (χ0n) is 16.9. The molecule has 1 aromatic carbocycles. The van der Waals surface area contributed by atoms with Crippen molar-refractivity contribution in [1.82, 2.24) is 10.2 Å². The van der Waals surface area contributed by atoms with E-state index < -0.39 is 23.8 Å². The zero-order valence-corrected chi connectivity index (χ0v) is 16.9. The molecular weight excluding hydrogens is 372 g/mol. The van der Waals surface area contributed by atoms with Gasteiger partial charge < -0.3 is 9.64 Å². The van der Waals surface area contributed by atoms with E-state index >= 15 is 0 Å². The monoisotopic (exact) mass is 401 g/mol. The molecule has 156 valence electrons. The summed E-state index contributed by atoms with van der Waals surface area (Å²) in [7, 11) is 0. The number of hydrogen-bond acceptors (Lipinski definition) is 5. The smallest absolute Gasteiger partial charge is 0.331 e. The highest BCUT2D eigenvalue weighted by Crippen LogP contribution is 2.17. The van der Waals surface area contributed by atoms with E-state index in [1.165, 1.54) is 4.90 Å². The highest BCUT2D eigenvalue weighted by molar-refractivity contribution is 6.27. The van der Waals surface area contributed by atoms with Crippen molar-refractivity contribution in [3.05, 3.63) is 35.9 Å². The maximum Gasteiger partial charge on any atom is 0.331 e. The van der Waals surface area contributed by atoms with Gasteiger partial charge in [-0.2, -0.15) is 0 Å². The predicted octanol–water partition coefficient (Wildman–Crippen LogP) is 0.0374. The number of carbonyl (C=O) groups excluding carboxylic acids is 3. The first-order valence-electron chi connectivity index (χ1n) is 10.2. The summed E-state index contributed by atoms with van der Waals surface area (Å²) in [4.78, 5) is 44.8. The van der Waals surface area contributed by atoms with Gasteiger partial charge in [-0.15, -0.1) is 0 Å². The van der Waals surface area contributed by atoms with Crippen LogP contribution >= 0.6 is 0 Å². The topological polar surface area (TPSA) is 92.5 Å². The first-order valence-corrected chi connectivity index (χ1v) is 10.2. The summed E-state index contributed by atoms with van der Waals surface area (Å²) in [6.45, 7) is 7.16. The number of aliphatic imine (C=N–C) groups is 1. The number of carbonyl (C=O) groups is 3. The number of nitrogens with zero attached hydrogens (tertiary/aromatic N) is 2. The normalized spacial score (nSPS) is 21.4. The van der Waals surface area contributed by atoms with E-state index in [1.54, 1.807) is 0 Å². The predicted molar refractivity (Wildman–Crippen MR) is 108 cm³/mol. The van der Waals surface area contributed by atoms with Crippen molar-refractivity contribution in [2.24, 2.45) is 10.9 Å². The lowest BCUT2D eigenvalue weighted by molar-refractivity contribution is -0.908. The second-order valence-electron chi connectivity index (χ2n) is 7.33. The molecule has 2 N–H and O–H groups in total. The Bertz CT molecular complexity index is 759. The third kappa shape index (κ3) is 5.48. The van der Waals surface area contributed by atoms with Crippen LogP contribution in [0.5, 0.6) is 0 Å². The molecular formula is C21H29N4O4+. The van der Waals surface area contributed by atoms with Crippen LogP contribution in [0, 0.1) is 5.92 Å². The molecule has 1 unspecified atom stereocenters. The van der Waals surface area contributed by atoms with Crippen LogP contribution in [0.1, 0.15) is 25.3 Å². The summed E-state index contributed by atoms with van der Waals surface area (Å²) >= 11 is 0. The molecule has 1 atom stereocenters. The van der Waals surface area contributed by atoms with Crippen molar-refractivity contribution >= 4 is 23.6 Å². The lowest BCUT2D eigenvalue weighted by Gasteiger charge is -2.30. The average Bonchev–Trinajstić information content (AvgIpc) is 2.74. The SMILES string of the molecule is CCC(=NCCC[NH+]1CCOCC1)C1C(=O)NC(=O)N(Cc2ccccc2)C1=O. The van der Waals surface area contributed by atoms with Gasteiger partial charge in [0.1, 0.15) is 13.1 Å². The molecule has 0 spiro atoms. The van der Waals surface area contributed by atoms with Gasteiger partial charge in [0.05, 0.1) is 26.3 Å². The third-order valence-corrected chi connectivity index (χ3v) is 5.33. The number of ether oxygens (including phenoxy) is 1. The first-order chi connectivity index (χ1) is 14.1. The van der Waals surface area contributed by atoms with Crippen LogP contribution in [0.3, 0.4) is 0 Å². The fourth-order valence-corrected chi connectivity index (χ4v) is 3.69. The minimum atomic E-state index is -1.03. The van der Waals surface area contributed by atoms with E-state index in [1.807, 2.05) is 37.3 Å². The van der Waals surface area contributed by atoms with E-state index in [-0.39, 0.29) is 6.54 Å². The fraction of sp³-hybridized carbons (Fsp3) is 0.524. The van der Waals surface area contributed by atoms with Crippen molar-refractivity contribution in [3.8, 4) is 0 Å². The summed E-state index contributed by atoms with van der Waals surface area (Å²) in [6, 6.07) is 8.57. The van der Waals surface area contributed by atoms with Crippen molar-refractivity contribution < 1.29 is 24.0 Å². The van der Waals surface area contributed by atoms with E-state index in [9.17, 15) is 14.4 Å². The summed E-state index contributed by atoms with van der Waals surface area (Å²) in [5.41, 5.74) is 1.36. The molecule has 0 radical (unpaired) electrons. The standard InChI is InChI=1S/C21H28N4O4/c1-2-17(22-9-6-10-24-11-13-29-14-12-24)18-19(26)23-21(28)25(20(18)27)15-16-7-4-3-5-8-16/h3-5,7-8,18H,2,6,9-15H2,1H3,(H,23,26,28)/p+1. The van der Waals surface area contributed by atoms with Gasteiger partial charge in [-0.05, 0) is 12.0 Å². The molecule has 0 aromatic heterocycles. The third-order valence-electron chi connectivity index (χ3n) is 5.33. The molecule has 1 aromatic rings. The number of barbiturate groups is 1. The number of rotatable bonds is 8. The summed E-state index contributed by atoms with van der Waals surface area (Å²) in [5, 5.41) is 2.32. The quantitative estimate of drug-likeness (QED) is 0.365. The van der Waals surface area contributed by atoms with Crippen LogP contribution in [0.15, 0.2) is 35.3 Å².